The van der Waals surface area contributed by atoms with E-state index >= 15 is 0 Å². The Hall–Kier alpha value is -1.82. The summed E-state index contributed by atoms with van der Waals surface area (Å²) < 4.78 is 13.7. The quantitative estimate of drug-likeness (QED) is 0.871. The van der Waals surface area contributed by atoms with Gasteiger partial charge in [0.05, 0.1) is 17.0 Å². The number of benzene rings is 1. The van der Waals surface area contributed by atoms with Crippen molar-refractivity contribution in [3.05, 3.63) is 45.4 Å². The number of aromatic nitrogens is 2. The maximum absolute atomic E-state index is 13.1. The molecule has 0 fully saturated rings. The fraction of sp³-hybridized carbons (Fsp3) is 0.214. The van der Waals surface area contributed by atoms with Gasteiger partial charge >= 0.3 is 0 Å². The summed E-state index contributed by atoms with van der Waals surface area (Å²) >= 11 is 3.32. The number of hydrogen-bond donors (Lipinski definition) is 1. The SMILES string of the molecule is Cc1nc(-c2ccc(F)cc2Br)nc2c1C(=O)NCC2. The van der Waals surface area contributed by atoms with E-state index in [1.54, 1.807) is 13.0 Å². The third-order valence-electron chi connectivity index (χ3n) is 3.21. The first-order chi connectivity index (χ1) is 9.56. The fourth-order valence-corrected chi connectivity index (χ4v) is 2.81. The lowest BCUT2D eigenvalue weighted by Crippen LogP contribution is -2.33. The second kappa shape index (κ2) is 4.94. The average molecular weight is 336 g/mol. The minimum atomic E-state index is -0.324. The van der Waals surface area contributed by atoms with Crippen molar-refractivity contribution in [1.82, 2.24) is 15.3 Å². The van der Waals surface area contributed by atoms with E-state index < -0.39 is 0 Å². The second-order valence-corrected chi connectivity index (χ2v) is 5.44. The molecule has 1 aromatic heterocycles. The maximum Gasteiger partial charge on any atom is 0.254 e. The monoisotopic (exact) mass is 335 g/mol. The molecule has 0 unspecified atom stereocenters. The van der Waals surface area contributed by atoms with Crippen LogP contribution in [0.2, 0.25) is 0 Å². The first kappa shape index (κ1) is 13.2. The van der Waals surface area contributed by atoms with Crippen LogP contribution in [0, 0.1) is 12.7 Å². The minimum absolute atomic E-state index is 0.131. The fourth-order valence-electron chi connectivity index (χ4n) is 2.28. The molecule has 1 aliphatic heterocycles. The predicted octanol–water partition coefficient (Wildman–Crippen LogP) is 2.64. The first-order valence-corrected chi connectivity index (χ1v) is 6.96. The molecule has 0 atom stereocenters. The molecule has 1 aromatic carbocycles. The van der Waals surface area contributed by atoms with Crippen molar-refractivity contribution in [1.29, 1.82) is 0 Å². The molecule has 2 aromatic rings. The molecule has 20 heavy (non-hydrogen) atoms. The van der Waals surface area contributed by atoms with Crippen molar-refractivity contribution in [3.63, 3.8) is 0 Å². The highest BCUT2D eigenvalue weighted by Crippen LogP contribution is 2.28. The van der Waals surface area contributed by atoms with Crippen molar-refractivity contribution < 1.29 is 9.18 Å². The summed E-state index contributed by atoms with van der Waals surface area (Å²) in [5, 5.41) is 2.78. The third kappa shape index (κ3) is 2.20. The average Bonchev–Trinajstić information content (AvgIpc) is 2.38. The Labute approximate surface area is 123 Å². The molecule has 0 spiro atoms. The standard InChI is InChI=1S/C14H11BrFN3O/c1-7-12-11(4-5-17-14(12)20)19-13(18-7)9-3-2-8(16)6-10(9)15/h2-3,6H,4-5H2,1H3,(H,17,20). The number of nitrogens with one attached hydrogen (secondary N) is 1. The Kier molecular flexibility index (Phi) is 3.25. The largest absolute Gasteiger partial charge is 0.352 e. The summed E-state index contributed by atoms with van der Waals surface area (Å²) in [6, 6.07) is 4.37. The number of aryl methyl sites for hydroxylation is 1. The van der Waals surface area contributed by atoms with Crippen LogP contribution in [0.5, 0.6) is 0 Å². The zero-order chi connectivity index (χ0) is 14.3. The summed E-state index contributed by atoms with van der Waals surface area (Å²) in [4.78, 5) is 20.6. The summed E-state index contributed by atoms with van der Waals surface area (Å²) in [6.07, 6.45) is 0.677. The van der Waals surface area contributed by atoms with Crippen LogP contribution in [0.25, 0.3) is 11.4 Å². The number of fused-ring (bicyclic) bond motifs is 1. The number of rotatable bonds is 1. The molecule has 1 N–H and O–H groups in total. The second-order valence-electron chi connectivity index (χ2n) is 4.58. The Balaban J connectivity index is 2.16. The molecule has 4 nitrogen and oxygen atoms in total. The molecular weight excluding hydrogens is 325 g/mol. The van der Waals surface area contributed by atoms with Gasteiger partial charge in [-0.25, -0.2) is 14.4 Å². The van der Waals surface area contributed by atoms with E-state index in [4.69, 9.17) is 0 Å². The summed E-state index contributed by atoms with van der Waals surface area (Å²) in [5.41, 5.74) is 2.65. The number of carbonyl (C=O) groups is 1. The molecule has 1 aliphatic rings. The van der Waals surface area contributed by atoms with Gasteiger partial charge in [-0.05, 0) is 41.1 Å². The molecule has 2 heterocycles. The summed E-state index contributed by atoms with van der Waals surface area (Å²) in [5.74, 6) is 0.0472. The van der Waals surface area contributed by atoms with Crippen LogP contribution in [-0.2, 0) is 6.42 Å². The molecular formula is C14H11BrFN3O. The zero-order valence-corrected chi connectivity index (χ0v) is 12.3. The van der Waals surface area contributed by atoms with Gasteiger partial charge in [0.25, 0.3) is 5.91 Å². The van der Waals surface area contributed by atoms with Crippen LogP contribution in [0.4, 0.5) is 4.39 Å². The molecule has 0 radical (unpaired) electrons. The van der Waals surface area contributed by atoms with Crippen molar-refractivity contribution in [3.8, 4) is 11.4 Å². The normalized spacial score (nSPS) is 13.8. The molecule has 3 rings (SSSR count). The molecule has 0 saturated heterocycles. The number of halogens is 2. The van der Waals surface area contributed by atoms with Crippen LogP contribution in [0.3, 0.4) is 0 Å². The third-order valence-corrected chi connectivity index (χ3v) is 3.87. The molecule has 0 aliphatic carbocycles. The Bertz CT molecular complexity index is 718. The van der Waals surface area contributed by atoms with Gasteiger partial charge in [-0.2, -0.15) is 0 Å². The molecule has 6 heteroatoms. The van der Waals surface area contributed by atoms with Gasteiger partial charge in [-0.3, -0.25) is 4.79 Å². The summed E-state index contributed by atoms with van der Waals surface area (Å²) in [6.45, 7) is 2.36. The van der Waals surface area contributed by atoms with E-state index in [-0.39, 0.29) is 11.7 Å². The van der Waals surface area contributed by atoms with Crippen LogP contribution in [-0.4, -0.2) is 22.4 Å². The first-order valence-electron chi connectivity index (χ1n) is 6.17. The molecule has 0 bridgehead atoms. The number of amides is 1. The zero-order valence-electron chi connectivity index (χ0n) is 10.7. The lowest BCUT2D eigenvalue weighted by atomic mass is 10.0. The maximum atomic E-state index is 13.1. The van der Waals surface area contributed by atoms with Gasteiger partial charge in [0, 0.05) is 23.0 Å². The van der Waals surface area contributed by atoms with Crippen molar-refractivity contribution >= 4 is 21.8 Å². The lowest BCUT2D eigenvalue weighted by Gasteiger charge is -2.18. The molecule has 102 valence electrons. The van der Waals surface area contributed by atoms with E-state index in [0.29, 0.717) is 40.1 Å². The van der Waals surface area contributed by atoms with Gasteiger partial charge in [0.1, 0.15) is 5.82 Å². The number of nitrogens with zero attached hydrogens (tertiary/aromatic N) is 2. The molecule has 0 saturated carbocycles. The van der Waals surface area contributed by atoms with E-state index in [0.717, 1.165) is 5.69 Å². The van der Waals surface area contributed by atoms with Crippen molar-refractivity contribution in [2.75, 3.05) is 6.54 Å². The van der Waals surface area contributed by atoms with Gasteiger partial charge in [0.15, 0.2) is 5.82 Å². The van der Waals surface area contributed by atoms with Crippen LogP contribution < -0.4 is 5.32 Å². The highest BCUT2D eigenvalue weighted by Gasteiger charge is 2.23. The van der Waals surface area contributed by atoms with Gasteiger partial charge in [-0.15, -0.1) is 0 Å². The minimum Gasteiger partial charge on any atom is -0.352 e. The Morgan fingerprint density at radius 3 is 2.90 bits per heavy atom. The summed E-state index contributed by atoms with van der Waals surface area (Å²) in [7, 11) is 0. The van der Waals surface area contributed by atoms with Gasteiger partial charge < -0.3 is 5.32 Å². The van der Waals surface area contributed by atoms with E-state index in [2.05, 4.69) is 31.2 Å². The van der Waals surface area contributed by atoms with E-state index in [9.17, 15) is 9.18 Å². The van der Waals surface area contributed by atoms with Crippen molar-refractivity contribution in [2.24, 2.45) is 0 Å². The van der Waals surface area contributed by atoms with Crippen LogP contribution in [0.1, 0.15) is 21.7 Å². The van der Waals surface area contributed by atoms with Gasteiger partial charge in [-0.1, -0.05) is 0 Å². The molecule has 1 amide bonds. The van der Waals surface area contributed by atoms with E-state index in [1.165, 1.54) is 12.1 Å². The lowest BCUT2D eigenvalue weighted by molar-refractivity contribution is 0.0944. The number of hydrogen-bond acceptors (Lipinski definition) is 3. The van der Waals surface area contributed by atoms with Crippen LogP contribution >= 0.6 is 15.9 Å². The predicted molar refractivity (Wildman–Crippen MR) is 75.9 cm³/mol. The smallest absolute Gasteiger partial charge is 0.254 e. The highest BCUT2D eigenvalue weighted by atomic mass is 79.9. The highest BCUT2D eigenvalue weighted by molar-refractivity contribution is 9.10. The Morgan fingerprint density at radius 2 is 2.15 bits per heavy atom. The number of carbonyl (C=O) groups excluding carboxylic acids is 1. The van der Waals surface area contributed by atoms with Crippen molar-refractivity contribution in [2.45, 2.75) is 13.3 Å². The van der Waals surface area contributed by atoms with Gasteiger partial charge in [0.2, 0.25) is 0 Å². The van der Waals surface area contributed by atoms with Crippen LogP contribution in [0.15, 0.2) is 22.7 Å². The van der Waals surface area contributed by atoms with E-state index in [1.807, 2.05) is 0 Å². The topological polar surface area (TPSA) is 54.9 Å². The Morgan fingerprint density at radius 1 is 1.35 bits per heavy atom.